The molecule has 0 bridgehead atoms. The second kappa shape index (κ2) is 16.0. The van der Waals surface area contributed by atoms with Crippen molar-refractivity contribution in [1.29, 1.82) is 5.26 Å². The Kier molecular flexibility index (Phi) is 11.3. The second-order valence-corrected chi connectivity index (χ2v) is 13.3. The molecule has 1 N–H and O–H groups in total. The Labute approximate surface area is 294 Å². The summed E-state index contributed by atoms with van der Waals surface area (Å²) in [5.41, 5.74) is 2.16. The molecule has 0 spiro atoms. The third kappa shape index (κ3) is 9.31. The van der Waals surface area contributed by atoms with E-state index in [9.17, 15) is 14.0 Å². The van der Waals surface area contributed by atoms with Crippen LogP contribution in [0.1, 0.15) is 58.1 Å². The minimum atomic E-state index is -3.20. The van der Waals surface area contributed by atoms with Gasteiger partial charge in [-0.3, -0.25) is 9.58 Å². The number of hydrogen-bond donors (Lipinski definition) is 1. The summed E-state index contributed by atoms with van der Waals surface area (Å²) in [5, 5.41) is 28.5. The van der Waals surface area contributed by atoms with Gasteiger partial charge in [0.15, 0.2) is 6.61 Å². The maximum Gasteiger partial charge on any atom is 0.304 e. The molecule has 1 saturated carbocycles. The molecule has 1 aliphatic carbocycles. The Balaban J connectivity index is 1.15. The van der Waals surface area contributed by atoms with Gasteiger partial charge in [-0.1, -0.05) is 6.07 Å². The van der Waals surface area contributed by atoms with Crippen LogP contribution in [0.4, 0.5) is 20.4 Å². The predicted octanol–water partition coefficient (Wildman–Crippen LogP) is 4.66. The Bertz CT molecular complexity index is 1750. The van der Waals surface area contributed by atoms with Crippen LogP contribution in [0.3, 0.4) is 0 Å². The van der Waals surface area contributed by atoms with Crippen LogP contribution in [0.5, 0.6) is 11.6 Å². The van der Waals surface area contributed by atoms with Crippen molar-refractivity contribution < 1.29 is 27.7 Å². The zero-order valence-corrected chi connectivity index (χ0v) is 29.2. The molecule has 1 saturated heterocycles. The van der Waals surface area contributed by atoms with Crippen LogP contribution in [-0.2, 0) is 16.0 Å². The van der Waals surface area contributed by atoms with Gasteiger partial charge in [0.25, 0.3) is 5.88 Å². The van der Waals surface area contributed by atoms with E-state index in [0.29, 0.717) is 35.2 Å². The molecule has 272 valence electrons. The van der Waals surface area contributed by atoms with Crippen LogP contribution in [0.25, 0.3) is 11.1 Å². The third-order valence-corrected chi connectivity index (χ3v) is 8.98. The molecule has 51 heavy (non-hydrogen) atoms. The highest BCUT2D eigenvalue weighted by molar-refractivity contribution is 5.67. The van der Waals surface area contributed by atoms with Crippen LogP contribution < -0.4 is 14.8 Å². The summed E-state index contributed by atoms with van der Waals surface area (Å²) in [6, 6.07) is 7.93. The average molecular weight is 708 g/mol. The molecule has 1 aromatic carbocycles. The van der Waals surface area contributed by atoms with E-state index in [2.05, 4.69) is 65.5 Å². The molecule has 4 heterocycles. The molecule has 3 aromatic heterocycles. The lowest BCUT2D eigenvalue weighted by Crippen LogP contribution is -2.51. The molecule has 1 aliphatic heterocycles. The third-order valence-electron chi connectivity index (χ3n) is 8.98. The number of hydrogen-bond acceptors (Lipinski definition) is 13. The summed E-state index contributed by atoms with van der Waals surface area (Å²) in [5.74, 6) is -2.54. The van der Waals surface area contributed by atoms with E-state index in [1.54, 1.807) is 46.2 Å². The van der Waals surface area contributed by atoms with Crippen LogP contribution in [-0.4, -0.2) is 109 Å². The number of halogens is 2. The summed E-state index contributed by atoms with van der Waals surface area (Å²) in [7, 11) is 1.22. The van der Waals surface area contributed by atoms with E-state index in [4.69, 9.17) is 14.2 Å². The van der Waals surface area contributed by atoms with E-state index in [1.165, 1.54) is 13.4 Å². The van der Waals surface area contributed by atoms with E-state index in [0.717, 1.165) is 44.3 Å². The van der Waals surface area contributed by atoms with Crippen molar-refractivity contribution in [3.05, 3.63) is 48.7 Å². The number of benzene rings is 1. The van der Waals surface area contributed by atoms with Gasteiger partial charge in [-0.25, -0.2) is 23.4 Å². The van der Waals surface area contributed by atoms with Gasteiger partial charge in [-0.15, -0.1) is 10.2 Å². The number of aromatic nitrogens is 8. The van der Waals surface area contributed by atoms with Crippen LogP contribution in [0, 0.1) is 11.3 Å². The van der Waals surface area contributed by atoms with Crippen molar-refractivity contribution >= 4 is 11.6 Å². The minimum Gasteiger partial charge on any atom is -0.487 e. The number of anilines is 2. The Morgan fingerprint density at radius 3 is 2.45 bits per heavy atom. The molecular weight excluding hydrogens is 664 g/mol. The highest BCUT2D eigenvalue weighted by atomic mass is 19.3. The standard InChI is InChI=1S/C34H43F2N11O4/c1-22-15-45(16-23(2)50-22)28-7-9-29(10-8-28)47-18-30(32(42-47)49-20-34(35,36)19-48-4)41-33-38-13-27(14-39-33)25-5-6-26(12-37)31(11-25)51-24(3)17-46-21-40-43-44-46/h5-6,11,13-14,18,21-24,28-29H,7-10,15-17,19-20H2,1-4H3,(H,38,39,41)/t22-,23+,24-,28?,29?/m0/s1. The zero-order valence-electron chi connectivity index (χ0n) is 29.2. The van der Waals surface area contributed by atoms with Crippen molar-refractivity contribution in [3.8, 4) is 28.8 Å². The van der Waals surface area contributed by atoms with E-state index in [-0.39, 0.29) is 36.2 Å². The number of nitrogens with one attached hydrogen (secondary N) is 1. The fourth-order valence-electron chi connectivity index (χ4n) is 6.72. The van der Waals surface area contributed by atoms with Crippen LogP contribution >= 0.6 is 0 Å². The summed E-state index contributed by atoms with van der Waals surface area (Å²) in [4.78, 5) is 11.5. The Morgan fingerprint density at radius 2 is 1.78 bits per heavy atom. The number of tetrazole rings is 1. The summed E-state index contributed by atoms with van der Waals surface area (Å²) in [6.45, 7) is 6.65. The lowest BCUT2D eigenvalue weighted by molar-refractivity contribution is -0.0918. The summed E-state index contributed by atoms with van der Waals surface area (Å²) < 4.78 is 54.3. The van der Waals surface area contributed by atoms with Crippen LogP contribution in [0.2, 0.25) is 0 Å². The van der Waals surface area contributed by atoms with Gasteiger partial charge in [0.1, 0.15) is 36.5 Å². The molecule has 0 unspecified atom stereocenters. The lowest BCUT2D eigenvalue weighted by atomic mass is 9.89. The molecule has 0 radical (unpaired) electrons. The quantitative estimate of drug-likeness (QED) is 0.193. The highest BCUT2D eigenvalue weighted by Gasteiger charge is 2.34. The van der Waals surface area contributed by atoms with Crippen molar-refractivity contribution in [1.82, 2.24) is 44.9 Å². The van der Waals surface area contributed by atoms with Gasteiger partial charge < -0.3 is 24.3 Å². The highest BCUT2D eigenvalue weighted by Crippen LogP contribution is 2.36. The van der Waals surface area contributed by atoms with Crippen molar-refractivity contribution in [2.45, 2.75) is 89.3 Å². The first-order valence-corrected chi connectivity index (χ1v) is 17.1. The molecule has 2 fully saturated rings. The first kappa shape index (κ1) is 36.0. The van der Waals surface area contributed by atoms with Crippen molar-refractivity contribution in [2.24, 2.45) is 0 Å². The molecule has 15 nitrogen and oxygen atoms in total. The fraction of sp³-hybridized carbons (Fsp3) is 0.559. The molecule has 6 rings (SSSR count). The molecule has 2 aliphatic rings. The monoisotopic (exact) mass is 707 g/mol. The largest absolute Gasteiger partial charge is 0.487 e. The van der Waals surface area contributed by atoms with Gasteiger partial charge >= 0.3 is 5.92 Å². The van der Waals surface area contributed by atoms with Crippen LogP contribution in [0.15, 0.2) is 43.1 Å². The van der Waals surface area contributed by atoms with Gasteiger partial charge in [0, 0.05) is 44.2 Å². The smallest absolute Gasteiger partial charge is 0.304 e. The number of morpholine rings is 1. The van der Waals surface area contributed by atoms with Gasteiger partial charge in [-0.05, 0) is 74.6 Å². The fourth-order valence-corrected chi connectivity index (χ4v) is 6.72. The van der Waals surface area contributed by atoms with E-state index < -0.39 is 19.1 Å². The molecule has 0 amide bonds. The predicted molar refractivity (Wildman–Crippen MR) is 181 cm³/mol. The average Bonchev–Trinajstić information content (AvgIpc) is 3.77. The van der Waals surface area contributed by atoms with Crippen molar-refractivity contribution in [2.75, 3.05) is 38.7 Å². The number of nitrogens with zero attached hydrogens (tertiary/aromatic N) is 10. The summed E-state index contributed by atoms with van der Waals surface area (Å²) in [6.07, 6.45) is 10.4. The second-order valence-electron chi connectivity index (χ2n) is 13.3. The molecule has 4 aromatic rings. The zero-order chi connectivity index (χ0) is 36.0. The number of methoxy groups -OCH3 is 1. The summed E-state index contributed by atoms with van der Waals surface area (Å²) >= 11 is 0. The minimum absolute atomic E-state index is 0.0288. The first-order valence-electron chi connectivity index (χ1n) is 17.1. The molecule has 17 heteroatoms. The molecular formula is C34H43F2N11O4. The van der Waals surface area contributed by atoms with E-state index in [1.807, 2.05) is 6.92 Å². The Morgan fingerprint density at radius 1 is 1.06 bits per heavy atom. The lowest BCUT2D eigenvalue weighted by Gasteiger charge is -2.42. The normalized spacial score (nSPS) is 21.9. The topological polar surface area (TPSA) is 163 Å². The molecule has 3 atom stereocenters. The SMILES string of the molecule is COCC(F)(F)COc1nn(C2CCC(N3C[C@@H](C)O[C@@H](C)C3)CC2)cc1Nc1ncc(-c2ccc(C#N)c(O[C@@H](C)Cn3cnnn3)c2)cn1. The number of alkyl halides is 2. The van der Waals surface area contributed by atoms with Gasteiger partial charge in [0.2, 0.25) is 5.95 Å². The number of nitriles is 1. The van der Waals surface area contributed by atoms with Crippen molar-refractivity contribution in [3.63, 3.8) is 0 Å². The number of rotatable bonds is 14. The number of ether oxygens (including phenoxy) is 4. The maximum atomic E-state index is 14.4. The van der Waals surface area contributed by atoms with Gasteiger partial charge in [0.05, 0.1) is 36.6 Å². The Hall–Kier alpha value is -4.79. The first-order chi connectivity index (χ1) is 24.6. The maximum absolute atomic E-state index is 14.4. The van der Waals surface area contributed by atoms with Gasteiger partial charge in [-0.2, -0.15) is 5.26 Å². The van der Waals surface area contributed by atoms with E-state index >= 15 is 0 Å².